The van der Waals surface area contributed by atoms with E-state index in [0.717, 1.165) is 36.6 Å². The van der Waals surface area contributed by atoms with Gasteiger partial charge < -0.3 is 44.3 Å². The van der Waals surface area contributed by atoms with E-state index < -0.39 is 42.2 Å². The van der Waals surface area contributed by atoms with Gasteiger partial charge in [0.1, 0.15) is 23.5 Å². The molecule has 3 heterocycles. The highest BCUT2D eigenvalue weighted by Gasteiger charge is 2.33. The predicted molar refractivity (Wildman–Crippen MR) is 189 cm³/mol. The van der Waals surface area contributed by atoms with Crippen molar-refractivity contribution in [1.82, 2.24) is 25.9 Å². The molecular weight excluding hydrogens is 654 g/mol. The molecule has 0 radical (unpaired) electrons. The number of furan rings is 2. The molecule has 1 aliphatic carbocycles. The number of benzene rings is 1. The zero-order chi connectivity index (χ0) is 36.0. The number of carbonyl (C=O) groups excluding carboxylic acids is 3. The van der Waals surface area contributed by atoms with Crippen molar-refractivity contribution in [3.63, 3.8) is 0 Å². The van der Waals surface area contributed by atoms with E-state index in [-0.39, 0.29) is 31.7 Å². The van der Waals surface area contributed by atoms with E-state index in [4.69, 9.17) is 18.3 Å². The third-order valence-electron chi connectivity index (χ3n) is 9.46. The number of H-pyrrole nitrogens is 1. The molecule has 5 rings (SSSR count). The topological polar surface area (TPSA) is 181 Å². The van der Waals surface area contributed by atoms with Crippen molar-refractivity contribution in [2.75, 3.05) is 19.8 Å². The van der Waals surface area contributed by atoms with Crippen LogP contribution in [0.3, 0.4) is 0 Å². The fourth-order valence-electron chi connectivity index (χ4n) is 6.85. The van der Waals surface area contributed by atoms with Gasteiger partial charge in [-0.3, -0.25) is 14.4 Å². The van der Waals surface area contributed by atoms with Gasteiger partial charge in [0.15, 0.2) is 6.29 Å². The summed E-state index contributed by atoms with van der Waals surface area (Å²) in [6.45, 7) is 4.63. The van der Waals surface area contributed by atoms with Crippen LogP contribution in [0.2, 0.25) is 0 Å². The number of fused-ring (bicyclic) bond motifs is 1. The van der Waals surface area contributed by atoms with Crippen LogP contribution >= 0.6 is 0 Å². The molecule has 51 heavy (non-hydrogen) atoms. The highest BCUT2D eigenvalue weighted by atomic mass is 16.7. The number of aromatic amines is 1. The second-order valence-corrected chi connectivity index (χ2v) is 13.1. The summed E-state index contributed by atoms with van der Waals surface area (Å²) >= 11 is 0. The lowest BCUT2D eigenvalue weighted by molar-refractivity contribution is -0.142. The van der Waals surface area contributed by atoms with Crippen molar-refractivity contribution in [3.8, 4) is 0 Å². The molecule has 0 aliphatic heterocycles. The minimum absolute atomic E-state index is 0.0893. The zero-order valence-electron chi connectivity index (χ0n) is 29.5. The zero-order valence-corrected chi connectivity index (χ0v) is 29.5. The lowest BCUT2D eigenvalue weighted by Gasteiger charge is -2.31. The fourth-order valence-corrected chi connectivity index (χ4v) is 6.85. The van der Waals surface area contributed by atoms with Crippen LogP contribution in [-0.4, -0.2) is 70.9 Å². The number of aliphatic hydroxyl groups excluding tert-OH is 1. The second kappa shape index (κ2) is 19.2. The number of nitrogens with zero attached hydrogens (tertiary/aromatic N) is 1. The summed E-state index contributed by atoms with van der Waals surface area (Å²) < 4.78 is 22.4. The molecule has 4 atom stereocenters. The van der Waals surface area contributed by atoms with Crippen molar-refractivity contribution < 1.29 is 37.8 Å². The second-order valence-electron chi connectivity index (χ2n) is 13.1. The van der Waals surface area contributed by atoms with Crippen molar-refractivity contribution in [2.45, 2.75) is 96.1 Å². The van der Waals surface area contributed by atoms with Crippen LogP contribution in [0, 0.1) is 11.8 Å². The first-order chi connectivity index (χ1) is 24.8. The molecule has 1 saturated carbocycles. The lowest BCUT2D eigenvalue weighted by Crippen LogP contribution is -2.53. The average molecular weight is 706 g/mol. The third-order valence-corrected chi connectivity index (χ3v) is 9.46. The average Bonchev–Trinajstić information content (AvgIpc) is 3.94. The maximum atomic E-state index is 14.2. The maximum absolute atomic E-state index is 14.2. The van der Waals surface area contributed by atoms with Crippen LogP contribution in [0.5, 0.6) is 0 Å². The van der Waals surface area contributed by atoms with Gasteiger partial charge in [-0.05, 0) is 56.4 Å². The number of rotatable bonds is 20. The number of nitrogens with one attached hydrogen (secondary N) is 4. The molecule has 13 nitrogen and oxygen atoms in total. The number of carbonyl (C=O) groups is 3. The lowest BCUT2D eigenvalue weighted by atomic mass is 9.83. The molecule has 0 unspecified atom stereocenters. The van der Waals surface area contributed by atoms with Gasteiger partial charge >= 0.3 is 0 Å². The van der Waals surface area contributed by atoms with Crippen LogP contribution < -0.4 is 16.0 Å². The molecule has 5 N–H and O–H groups in total. The Kier molecular flexibility index (Phi) is 14.2. The van der Waals surface area contributed by atoms with Crippen LogP contribution in [0.4, 0.5) is 0 Å². The Labute approximate surface area is 298 Å². The number of aliphatic hydroxyl groups is 1. The molecule has 1 aliphatic rings. The summed E-state index contributed by atoms with van der Waals surface area (Å²) in [5.74, 6) is -1.47. The van der Waals surface area contributed by atoms with E-state index in [1.54, 1.807) is 24.6 Å². The van der Waals surface area contributed by atoms with Gasteiger partial charge in [-0.25, -0.2) is 4.98 Å². The van der Waals surface area contributed by atoms with E-state index in [1.165, 1.54) is 19.0 Å². The summed E-state index contributed by atoms with van der Waals surface area (Å²) in [7, 11) is 0. The first-order valence-electron chi connectivity index (χ1n) is 18.1. The minimum Gasteiger partial charge on any atom is -0.467 e. The molecule has 3 amide bonds. The van der Waals surface area contributed by atoms with Crippen molar-refractivity contribution in [1.29, 1.82) is 0 Å². The molecule has 0 bridgehead atoms. The summed E-state index contributed by atoms with van der Waals surface area (Å²) in [4.78, 5) is 48.9. The molecule has 13 heteroatoms. The summed E-state index contributed by atoms with van der Waals surface area (Å²) in [6.07, 6.45) is 10.7. The summed E-state index contributed by atoms with van der Waals surface area (Å²) in [5, 5.41) is 21.0. The SMILES string of the molecule is CCOC(CNC(=O)C[C@@H](Cc1coc2ccccc12)C(=O)N[C@@H](Cc1c[nH]cn1)C(=O)N[C@@H](CC1CCCCC1)[C@@H](O)c1ccco1)OCC. The molecular formula is C38H51N5O8. The van der Waals surface area contributed by atoms with E-state index >= 15 is 0 Å². The Morgan fingerprint density at radius 2 is 1.76 bits per heavy atom. The highest BCUT2D eigenvalue weighted by Crippen LogP contribution is 2.31. The third kappa shape index (κ3) is 11.0. The minimum atomic E-state index is -1.07. The number of ether oxygens (including phenoxy) is 2. The van der Waals surface area contributed by atoms with Gasteiger partial charge in [0.05, 0.1) is 43.1 Å². The number of aromatic nitrogens is 2. The smallest absolute Gasteiger partial charge is 0.243 e. The number of imidazole rings is 1. The van der Waals surface area contributed by atoms with Gasteiger partial charge in [0, 0.05) is 37.6 Å². The van der Waals surface area contributed by atoms with Crippen molar-refractivity contribution in [2.24, 2.45) is 11.8 Å². The predicted octanol–water partition coefficient (Wildman–Crippen LogP) is 4.73. The first kappa shape index (κ1) is 37.8. The molecule has 0 spiro atoms. The molecule has 0 saturated heterocycles. The van der Waals surface area contributed by atoms with E-state index in [2.05, 4.69) is 25.9 Å². The Morgan fingerprint density at radius 1 is 0.980 bits per heavy atom. The standard InChI is InChI=1S/C38H51N5O8/c1-3-48-35(49-4-2)22-40-34(44)19-26(18-27-23-51-32-14-9-8-13-29(27)32)37(46)43-31(20-28-21-39-24-41-28)38(47)42-30(17-25-11-6-5-7-12-25)36(45)33-15-10-16-50-33/h8-10,13-16,21,23-26,30-31,35-36,45H,3-7,11-12,17-20,22H2,1-2H3,(H,39,41)(H,40,44)(H,42,47)(H,43,46)/t26-,30+,31+,36-/m1/s1. The van der Waals surface area contributed by atoms with E-state index in [9.17, 15) is 19.5 Å². The van der Waals surface area contributed by atoms with Crippen LogP contribution in [0.15, 0.2) is 70.3 Å². The first-order valence-corrected chi connectivity index (χ1v) is 18.1. The monoisotopic (exact) mass is 705 g/mol. The Balaban J connectivity index is 1.35. The fraction of sp³-hybridized carbons (Fsp3) is 0.526. The van der Waals surface area contributed by atoms with E-state index in [0.29, 0.717) is 42.6 Å². The largest absolute Gasteiger partial charge is 0.467 e. The number of amides is 3. The normalized spacial score (nSPS) is 16.1. The Hall–Kier alpha value is -4.46. The molecule has 276 valence electrons. The molecule has 1 aromatic carbocycles. The van der Waals surface area contributed by atoms with Gasteiger partial charge in [0.2, 0.25) is 17.7 Å². The van der Waals surface area contributed by atoms with Crippen LogP contribution in [0.25, 0.3) is 11.0 Å². The molecule has 1 fully saturated rings. The van der Waals surface area contributed by atoms with Crippen LogP contribution in [0.1, 0.15) is 81.9 Å². The van der Waals surface area contributed by atoms with Crippen LogP contribution in [-0.2, 0) is 36.7 Å². The van der Waals surface area contributed by atoms with Gasteiger partial charge in [-0.1, -0.05) is 50.3 Å². The summed E-state index contributed by atoms with van der Waals surface area (Å²) in [6, 6.07) is 9.19. The Bertz CT molecular complexity index is 1630. The quantitative estimate of drug-likeness (QED) is 0.0813. The number of hydrogen-bond acceptors (Lipinski definition) is 9. The molecule has 3 aromatic heterocycles. The number of hydrogen-bond donors (Lipinski definition) is 5. The molecule has 4 aromatic rings. The van der Waals surface area contributed by atoms with Crippen molar-refractivity contribution >= 4 is 28.7 Å². The summed E-state index contributed by atoms with van der Waals surface area (Å²) in [5.41, 5.74) is 2.00. The van der Waals surface area contributed by atoms with E-state index in [1.807, 2.05) is 38.1 Å². The van der Waals surface area contributed by atoms with Gasteiger partial charge in [0.25, 0.3) is 0 Å². The van der Waals surface area contributed by atoms with Crippen molar-refractivity contribution in [3.05, 3.63) is 78.5 Å². The Morgan fingerprint density at radius 3 is 2.47 bits per heavy atom. The highest BCUT2D eigenvalue weighted by molar-refractivity contribution is 5.91. The number of para-hydroxylation sites is 1. The van der Waals surface area contributed by atoms with Gasteiger partial charge in [-0.15, -0.1) is 0 Å². The van der Waals surface area contributed by atoms with Gasteiger partial charge in [-0.2, -0.15) is 0 Å². The maximum Gasteiger partial charge on any atom is 0.243 e.